The fourth-order valence-electron chi connectivity index (χ4n) is 2.08. The summed E-state index contributed by atoms with van der Waals surface area (Å²) in [5.74, 6) is 0. The zero-order valence-corrected chi connectivity index (χ0v) is 15.2. The molecule has 2 N–H and O–H groups in total. The third kappa shape index (κ3) is 3.89. The summed E-state index contributed by atoms with van der Waals surface area (Å²) in [6.45, 7) is 4.06. The highest BCUT2D eigenvalue weighted by atomic mass is 32.2. The summed E-state index contributed by atoms with van der Waals surface area (Å²) in [6, 6.07) is 0. The third-order valence-corrected chi connectivity index (χ3v) is 6.72. The van der Waals surface area contributed by atoms with Crippen LogP contribution >= 0.6 is 24.4 Å². The molecule has 21 heavy (non-hydrogen) atoms. The number of hydrogen-bond donors (Lipinski definition) is 2. The fourth-order valence-corrected chi connectivity index (χ4v) is 3.64. The maximum Gasteiger partial charge on any atom is 0.311 e. The van der Waals surface area contributed by atoms with Crippen LogP contribution < -0.4 is 9.66 Å². The van der Waals surface area contributed by atoms with Gasteiger partial charge in [0.15, 0.2) is 0 Å². The van der Waals surface area contributed by atoms with Gasteiger partial charge in [0, 0.05) is 24.9 Å². The second-order valence-corrected chi connectivity index (χ2v) is 8.68. The van der Waals surface area contributed by atoms with E-state index in [-0.39, 0.29) is 10.8 Å². The van der Waals surface area contributed by atoms with Crippen molar-refractivity contribution in [2.24, 2.45) is 10.8 Å². The lowest BCUT2D eigenvalue weighted by atomic mass is 10.1. The van der Waals surface area contributed by atoms with E-state index >= 15 is 0 Å². The van der Waals surface area contributed by atoms with Gasteiger partial charge in [0.25, 0.3) is 0 Å². The van der Waals surface area contributed by atoms with Gasteiger partial charge in [-0.15, -0.1) is 9.66 Å². The SMILES string of the molecule is CN(NS(=O)(=O)NN(C)C(=S)C1(C)CC1)C(=S)C1(C)CC1. The van der Waals surface area contributed by atoms with Gasteiger partial charge in [-0.2, -0.15) is 8.42 Å². The van der Waals surface area contributed by atoms with E-state index in [1.54, 1.807) is 14.1 Å². The zero-order valence-electron chi connectivity index (χ0n) is 12.8. The summed E-state index contributed by atoms with van der Waals surface area (Å²) in [4.78, 5) is 6.03. The molecule has 0 amide bonds. The quantitative estimate of drug-likeness (QED) is 0.557. The number of hydrogen-bond acceptors (Lipinski definition) is 4. The van der Waals surface area contributed by atoms with Crippen molar-refractivity contribution in [1.29, 1.82) is 0 Å². The van der Waals surface area contributed by atoms with E-state index in [0.717, 1.165) is 25.7 Å². The van der Waals surface area contributed by atoms with Gasteiger partial charge in [-0.1, -0.05) is 38.3 Å². The molecule has 0 radical (unpaired) electrons. The zero-order chi connectivity index (χ0) is 16.1. The van der Waals surface area contributed by atoms with Crippen LogP contribution in [0.5, 0.6) is 0 Å². The second kappa shape index (κ2) is 5.38. The van der Waals surface area contributed by atoms with Gasteiger partial charge < -0.3 is 0 Å². The van der Waals surface area contributed by atoms with Crippen molar-refractivity contribution in [2.75, 3.05) is 14.1 Å². The molecular formula is C12H22N4O2S3. The van der Waals surface area contributed by atoms with Crippen molar-refractivity contribution >= 4 is 44.6 Å². The molecule has 0 saturated heterocycles. The van der Waals surface area contributed by atoms with Gasteiger partial charge in [0.2, 0.25) is 0 Å². The first-order chi connectivity index (χ1) is 9.49. The van der Waals surface area contributed by atoms with E-state index in [9.17, 15) is 8.42 Å². The maximum atomic E-state index is 12.1. The van der Waals surface area contributed by atoms with Crippen molar-refractivity contribution in [1.82, 2.24) is 19.7 Å². The van der Waals surface area contributed by atoms with E-state index in [1.807, 2.05) is 13.8 Å². The third-order valence-electron chi connectivity index (χ3n) is 4.16. The second-order valence-electron chi connectivity index (χ2n) is 6.54. The van der Waals surface area contributed by atoms with Crippen molar-refractivity contribution in [3.63, 3.8) is 0 Å². The van der Waals surface area contributed by atoms with Crippen LogP contribution in [-0.4, -0.2) is 42.5 Å². The highest BCUT2D eigenvalue weighted by Crippen LogP contribution is 2.47. The molecule has 2 aliphatic carbocycles. The summed E-state index contributed by atoms with van der Waals surface area (Å²) in [6.07, 6.45) is 3.97. The molecule has 120 valence electrons. The molecule has 0 aromatic carbocycles. The minimum absolute atomic E-state index is 0.0602. The van der Waals surface area contributed by atoms with Crippen molar-refractivity contribution in [3.8, 4) is 0 Å². The fraction of sp³-hybridized carbons (Fsp3) is 0.833. The Morgan fingerprint density at radius 1 is 0.905 bits per heavy atom. The highest BCUT2D eigenvalue weighted by molar-refractivity contribution is 7.87. The Labute approximate surface area is 137 Å². The van der Waals surface area contributed by atoms with Crippen molar-refractivity contribution in [3.05, 3.63) is 0 Å². The van der Waals surface area contributed by atoms with E-state index in [0.29, 0.717) is 9.98 Å². The maximum absolute atomic E-state index is 12.1. The van der Waals surface area contributed by atoms with Crippen LogP contribution in [0.1, 0.15) is 39.5 Å². The van der Waals surface area contributed by atoms with Gasteiger partial charge in [0.05, 0.1) is 9.98 Å². The molecule has 0 heterocycles. The lowest BCUT2D eigenvalue weighted by Crippen LogP contribution is -2.55. The first-order valence-electron chi connectivity index (χ1n) is 6.85. The average molecular weight is 351 g/mol. The number of nitrogens with one attached hydrogen (secondary N) is 2. The Balaban J connectivity index is 1.92. The molecule has 6 nitrogen and oxygen atoms in total. The van der Waals surface area contributed by atoms with E-state index < -0.39 is 10.2 Å². The van der Waals surface area contributed by atoms with Gasteiger partial charge in [-0.05, 0) is 25.7 Å². The normalized spacial score (nSPS) is 21.5. The Morgan fingerprint density at radius 3 is 1.43 bits per heavy atom. The number of rotatable bonds is 6. The van der Waals surface area contributed by atoms with Crippen LogP contribution in [0.15, 0.2) is 0 Å². The molecule has 2 aliphatic rings. The molecule has 0 aromatic heterocycles. The lowest BCUT2D eigenvalue weighted by molar-refractivity contribution is 0.385. The Hall–Kier alpha value is -0.350. The molecule has 9 heteroatoms. The molecular weight excluding hydrogens is 328 g/mol. The van der Waals surface area contributed by atoms with Crippen LogP contribution in [0.3, 0.4) is 0 Å². The molecule has 0 aliphatic heterocycles. The first-order valence-corrected chi connectivity index (χ1v) is 9.15. The Bertz CT molecular complexity index is 523. The largest absolute Gasteiger partial charge is 0.311 e. The minimum atomic E-state index is -3.76. The Morgan fingerprint density at radius 2 is 1.19 bits per heavy atom. The molecule has 0 unspecified atom stereocenters. The summed E-state index contributed by atoms with van der Waals surface area (Å²) < 4.78 is 24.3. The van der Waals surface area contributed by atoms with Crippen LogP contribution in [0.2, 0.25) is 0 Å². The van der Waals surface area contributed by atoms with Crippen LogP contribution in [-0.2, 0) is 10.2 Å². The van der Waals surface area contributed by atoms with Gasteiger partial charge in [0.1, 0.15) is 0 Å². The molecule has 0 aromatic rings. The topological polar surface area (TPSA) is 64.7 Å². The molecule has 0 atom stereocenters. The molecule has 2 saturated carbocycles. The molecule has 0 spiro atoms. The number of hydrazine groups is 2. The lowest BCUT2D eigenvalue weighted by Gasteiger charge is -2.28. The summed E-state index contributed by atoms with van der Waals surface area (Å²) in [7, 11) is -0.525. The molecule has 0 bridgehead atoms. The van der Waals surface area contributed by atoms with Crippen LogP contribution in [0.4, 0.5) is 0 Å². The van der Waals surface area contributed by atoms with Gasteiger partial charge in [-0.25, -0.2) is 0 Å². The monoisotopic (exact) mass is 350 g/mol. The summed E-state index contributed by atoms with van der Waals surface area (Å²) in [5.41, 5.74) is -0.120. The number of thiocarbonyl (C=S) groups is 2. The van der Waals surface area contributed by atoms with Crippen LogP contribution in [0.25, 0.3) is 0 Å². The van der Waals surface area contributed by atoms with E-state index in [1.165, 1.54) is 10.0 Å². The van der Waals surface area contributed by atoms with E-state index in [4.69, 9.17) is 24.4 Å². The predicted molar refractivity (Wildman–Crippen MR) is 90.6 cm³/mol. The van der Waals surface area contributed by atoms with Crippen LogP contribution in [0, 0.1) is 10.8 Å². The molecule has 2 rings (SSSR count). The van der Waals surface area contributed by atoms with E-state index in [2.05, 4.69) is 9.66 Å². The number of nitrogens with zero attached hydrogens (tertiary/aromatic N) is 2. The first kappa shape index (κ1) is 17.0. The van der Waals surface area contributed by atoms with Gasteiger partial charge in [-0.3, -0.25) is 10.0 Å². The minimum Gasteiger partial charge on any atom is -0.290 e. The van der Waals surface area contributed by atoms with Crippen molar-refractivity contribution < 1.29 is 8.42 Å². The Kier molecular flexibility index (Phi) is 4.36. The predicted octanol–water partition coefficient (Wildman–Crippen LogP) is 1.36. The highest BCUT2D eigenvalue weighted by Gasteiger charge is 2.45. The summed E-state index contributed by atoms with van der Waals surface area (Å²) >= 11 is 10.6. The smallest absolute Gasteiger partial charge is 0.290 e. The standard InChI is InChI=1S/C12H22N4O2S3/c1-11(5-6-11)9(19)15(3)13-21(17,18)14-16(4)10(20)12(2)7-8-12/h13-14H,5-8H2,1-4H3. The average Bonchev–Trinajstić information content (AvgIpc) is 3.27. The summed E-state index contributed by atoms with van der Waals surface area (Å²) in [5, 5.41) is 2.78. The molecule has 2 fully saturated rings. The van der Waals surface area contributed by atoms with Crippen molar-refractivity contribution in [2.45, 2.75) is 39.5 Å². The van der Waals surface area contributed by atoms with Gasteiger partial charge >= 0.3 is 10.2 Å².